The second-order valence-electron chi connectivity index (χ2n) is 6.28. The van der Waals surface area contributed by atoms with Crippen LogP contribution in [0.25, 0.3) is 0 Å². The molecule has 0 aromatic heterocycles. The highest BCUT2D eigenvalue weighted by atomic mass is 28.3. The van der Waals surface area contributed by atoms with Gasteiger partial charge in [-0.2, -0.15) is 0 Å². The number of carbonyl (C=O) groups is 1. The van der Waals surface area contributed by atoms with Crippen molar-refractivity contribution in [2.24, 2.45) is 0 Å². The third-order valence-electron chi connectivity index (χ3n) is 3.70. The van der Waals surface area contributed by atoms with Crippen LogP contribution in [0.4, 0.5) is 0 Å². The molecule has 0 bridgehead atoms. The molecule has 0 saturated carbocycles. The van der Waals surface area contributed by atoms with Gasteiger partial charge in [0.25, 0.3) is 0 Å². The highest BCUT2D eigenvalue weighted by Crippen LogP contribution is 2.22. The van der Waals surface area contributed by atoms with Gasteiger partial charge in [0.2, 0.25) is 0 Å². The molecule has 0 saturated heterocycles. The van der Waals surface area contributed by atoms with Gasteiger partial charge in [-0.1, -0.05) is 77.1 Å². The average Bonchev–Trinajstić information content (AvgIpc) is 2.29. The minimum atomic E-state index is -1.04. The SMILES string of the molecule is CCCCCCCC[Si](C)(C)CCCCC(=O)O. The summed E-state index contributed by atoms with van der Waals surface area (Å²) in [5, 5.41) is 8.60. The number of aliphatic carboxylic acids is 1. The van der Waals surface area contributed by atoms with E-state index < -0.39 is 14.0 Å². The molecule has 108 valence electrons. The standard InChI is InChI=1S/C15H32O2Si/c1-4-5-6-7-8-10-13-18(2,3)14-11-9-12-15(16)17/h4-14H2,1-3H3,(H,16,17). The molecule has 3 heteroatoms. The topological polar surface area (TPSA) is 37.3 Å². The van der Waals surface area contributed by atoms with E-state index >= 15 is 0 Å². The lowest BCUT2D eigenvalue weighted by atomic mass is 10.1. The first-order chi connectivity index (χ1) is 8.48. The molecule has 0 rings (SSSR count). The van der Waals surface area contributed by atoms with Crippen LogP contribution in [-0.2, 0) is 4.79 Å². The molecule has 0 radical (unpaired) electrons. The van der Waals surface area contributed by atoms with Crippen LogP contribution >= 0.6 is 0 Å². The van der Waals surface area contributed by atoms with Gasteiger partial charge in [0, 0.05) is 14.5 Å². The van der Waals surface area contributed by atoms with E-state index in [0.717, 1.165) is 12.8 Å². The first-order valence-corrected chi connectivity index (χ1v) is 11.1. The van der Waals surface area contributed by atoms with Crippen LogP contribution in [0.15, 0.2) is 0 Å². The maximum atomic E-state index is 10.4. The summed E-state index contributed by atoms with van der Waals surface area (Å²) >= 11 is 0. The van der Waals surface area contributed by atoms with Gasteiger partial charge >= 0.3 is 5.97 Å². The Morgan fingerprint density at radius 1 is 0.889 bits per heavy atom. The Morgan fingerprint density at radius 3 is 1.94 bits per heavy atom. The number of hydrogen-bond acceptors (Lipinski definition) is 1. The van der Waals surface area contributed by atoms with Crippen LogP contribution in [0.2, 0.25) is 25.2 Å². The number of rotatable bonds is 12. The Hall–Kier alpha value is -0.313. The molecule has 0 fully saturated rings. The predicted molar refractivity (Wildman–Crippen MR) is 82.0 cm³/mol. The van der Waals surface area contributed by atoms with Gasteiger partial charge in [-0.25, -0.2) is 0 Å². The smallest absolute Gasteiger partial charge is 0.303 e. The summed E-state index contributed by atoms with van der Waals surface area (Å²) in [6.45, 7) is 7.17. The van der Waals surface area contributed by atoms with Gasteiger partial charge in [-0.15, -0.1) is 0 Å². The third kappa shape index (κ3) is 12.2. The minimum Gasteiger partial charge on any atom is -0.481 e. The van der Waals surface area contributed by atoms with Crippen molar-refractivity contribution < 1.29 is 9.90 Å². The molecule has 0 amide bonds. The second kappa shape index (κ2) is 10.6. The fourth-order valence-electron chi connectivity index (χ4n) is 2.39. The first-order valence-electron chi connectivity index (χ1n) is 7.70. The zero-order chi connectivity index (χ0) is 13.9. The van der Waals surface area contributed by atoms with E-state index in [1.165, 1.54) is 50.6 Å². The number of carboxylic acids is 1. The molecule has 18 heavy (non-hydrogen) atoms. The average molecular weight is 273 g/mol. The maximum absolute atomic E-state index is 10.4. The van der Waals surface area contributed by atoms with Crippen LogP contribution in [0.1, 0.15) is 64.7 Å². The Balaban J connectivity index is 3.45. The molecule has 2 nitrogen and oxygen atoms in total. The summed E-state index contributed by atoms with van der Waals surface area (Å²) < 4.78 is 0. The molecule has 1 N–H and O–H groups in total. The van der Waals surface area contributed by atoms with Crippen LogP contribution in [-0.4, -0.2) is 19.1 Å². The summed E-state index contributed by atoms with van der Waals surface area (Å²) in [5.74, 6) is -0.648. The van der Waals surface area contributed by atoms with Crippen LogP contribution in [0.5, 0.6) is 0 Å². The Labute approximate surface area is 114 Å². The normalized spacial score (nSPS) is 11.7. The summed E-state index contributed by atoms with van der Waals surface area (Å²) in [6.07, 6.45) is 10.6. The zero-order valence-corrected chi connectivity index (χ0v) is 13.6. The van der Waals surface area contributed by atoms with Gasteiger partial charge in [-0.3, -0.25) is 4.79 Å². The molecule has 0 aliphatic heterocycles. The van der Waals surface area contributed by atoms with Gasteiger partial charge in [0.15, 0.2) is 0 Å². The van der Waals surface area contributed by atoms with Crippen molar-refractivity contribution in [3.05, 3.63) is 0 Å². The van der Waals surface area contributed by atoms with Gasteiger partial charge in [0.05, 0.1) is 0 Å². The molecule has 0 aromatic rings. The van der Waals surface area contributed by atoms with Crippen molar-refractivity contribution in [2.45, 2.75) is 89.9 Å². The van der Waals surface area contributed by atoms with Crippen LogP contribution < -0.4 is 0 Å². The van der Waals surface area contributed by atoms with Gasteiger partial charge in [0.1, 0.15) is 0 Å². The summed E-state index contributed by atoms with van der Waals surface area (Å²) in [6, 6.07) is 2.72. The van der Waals surface area contributed by atoms with E-state index in [4.69, 9.17) is 5.11 Å². The summed E-state index contributed by atoms with van der Waals surface area (Å²) in [4.78, 5) is 10.4. The molecule has 0 aliphatic carbocycles. The predicted octanol–water partition coefficient (Wildman–Crippen LogP) is 5.31. The lowest BCUT2D eigenvalue weighted by Crippen LogP contribution is -2.24. The Kier molecular flexibility index (Phi) is 10.4. The number of hydrogen-bond donors (Lipinski definition) is 1. The minimum absolute atomic E-state index is 0.349. The van der Waals surface area contributed by atoms with Crippen molar-refractivity contribution in [3.8, 4) is 0 Å². The van der Waals surface area contributed by atoms with Gasteiger partial charge in [-0.05, 0) is 6.42 Å². The highest BCUT2D eigenvalue weighted by molar-refractivity contribution is 6.77. The lowest BCUT2D eigenvalue weighted by molar-refractivity contribution is -0.137. The summed E-state index contributed by atoms with van der Waals surface area (Å²) in [5.41, 5.74) is 0. The molecule has 0 atom stereocenters. The van der Waals surface area contributed by atoms with Crippen LogP contribution in [0.3, 0.4) is 0 Å². The van der Waals surface area contributed by atoms with E-state index in [1.54, 1.807) is 0 Å². The van der Waals surface area contributed by atoms with E-state index in [0.29, 0.717) is 6.42 Å². The van der Waals surface area contributed by atoms with Crippen molar-refractivity contribution in [3.63, 3.8) is 0 Å². The van der Waals surface area contributed by atoms with Crippen LogP contribution in [0, 0.1) is 0 Å². The number of unbranched alkanes of at least 4 members (excludes halogenated alkanes) is 6. The maximum Gasteiger partial charge on any atom is 0.303 e. The third-order valence-corrected chi connectivity index (χ3v) is 7.12. The molecule has 0 spiro atoms. The van der Waals surface area contributed by atoms with E-state index in [2.05, 4.69) is 20.0 Å². The second-order valence-corrected chi connectivity index (χ2v) is 11.6. The van der Waals surface area contributed by atoms with E-state index in [-0.39, 0.29) is 0 Å². The highest BCUT2D eigenvalue weighted by Gasteiger charge is 2.19. The molecule has 0 unspecified atom stereocenters. The van der Waals surface area contributed by atoms with E-state index in [9.17, 15) is 4.79 Å². The molecular weight excluding hydrogens is 240 g/mol. The Bertz CT molecular complexity index is 215. The molecule has 0 heterocycles. The van der Waals surface area contributed by atoms with E-state index in [1.807, 2.05) is 0 Å². The molecule has 0 aromatic carbocycles. The molecular formula is C15H32O2Si. The fraction of sp³-hybridized carbons (Fsp3) is 0.933. The zero-order valence-electron chi connectivity index (χ0n) is 12.6. The van der Waals surface area contributed by atoms with Gasteiger partial charge < -0.3 is 5.11 Å². The molecule has 0 aliphatic rings. The summed E-state index contributed by atoms with van der Waals surface area (Å²) in [7, 11) is -1.04. The number of carboxylic acid groups (broad SMARTS) is 1. The first kappa shape index (κ1) is 17.7. The van der Waals surface area contributed by atoms with Crippen molar-refractivity contribution in [2.75, 3.05) is 0 Å². The van der Waals surface area contributed by atoms with Crippen molar-refractivity contribution >= 4 is 14.0 Å². The largest absolute Gasteiger partial charge is 0.481 e. The monoisotopic (exact) mass is 272 g/mol. The van der Waals surface area contributed by atoms with Crippen molar-refractivity contribution in [1.29, 1.82) is 0 Å². The van der Waals surface area contributed by atoms with Crippen molar-refractivity contribution in [1.82, 2.24) is 0 Å². The Morgan fingerprint density at radius 2 is 1.39 bits per heavy atom. The lowest BCUT2D eigenvalue weighted by Gasteiger charge is -2.22. The quantitative estimate of drug-likeness (QED) is 0.386. The fourth-order valence-corrected chi connectivity index (χ4v) is 5.05.